The van der Waals surface area contributed by atoms with Gasteiger partial charge >= 0.3 is 10.4 Å². The maximum Gasteiger partial charge on any atom is 0.394 e. The normalized spacial score (nSPS) is 11.6. The average Bonchev–Trinajstić information content (AvgIpc) is 2.16. The Kier molecular flexibility index (Phi) is 11.4. The lowest BCUT2D eigenvalue weighted by atomic mass is 10.3. The lowest BCUT2D eigenvalue weighted by Crippen LogP contribution is -2.53. The summed E-state index contributed by atoms with van der Waals surface area (Å²) >= 11 is 0. The van der Waals surface area contributed by atoms with Crippen LogP contribution in [0.3, 0.4) is 0 Å². The molecule has 0 aliphatic rings. The van der Waals surface area contributed by atoms with Crippen molar-refractivity contribution in [3.05, 3.63) is 12.7 Å². The molecule has 0 saturated heterocycles. The second-order valence-electron chi connectivity index (χ2n) is 3.60. The monoisotopic (exact) mass is 288 g/mol. The van der Waals surface area contributed by atoms with Crippen LogP contribution in [0.25, 0.3) is 0 Å². The predicted molar refractivity (Wildman–Crippen MR) is 65.4 cm³/mol. The molecule has 0 heterocycles. The Bertz CT molecular complexity index is 279. The van der Waals surface area contributed by atoms with Crippen LogP contribution in [-0.4, -0.2) is 83.3 Å². The fourth-order valence-corrected chi connectivity index (χ4v) is 1.52. The summed E-state index contributed by atoms with van der Waals surface area (Å²) in [5, 5.41) is 26.6. The van der Waals surface area contributed by atoms with Crippen molar-refractivity contribution in [2.75, 3.05) is 46.0 Å². The van der Waals surface area contributed by atoms with Crippen LogP contribution < -0.4 is 0 Å². The Morgan fingerprint density at radius 1 is 0.944 bits per heavy atom. The molecule has 5 N–H and O–H groups in total. The summed E-state index contributed by atoms with van der Waals surface area (Å²) in [6.45, 7) is 6.14. The molecule has 9 heteroatoms. The predicted octanol–water partition coefficient (Wildman–Crippen LogP) is -1.69. The third-order valence-electron chi connectivity index (χ3n) is 2.24. The van der Waals surface area contributed by atoms with Gasteiger partial charge in [0.2, 0.25) is 0 Å². The van der Waals surface area contributed by atoms with Crippen molar-refractivity contribution in [1.29, 1.82) is 0 Å². The van der Waals surface area contributed by atoms with Gasteiger partial charge in [0.15, 0.2) is 0 Å². The van der Waals surface area contributed by atoms with Crippen LogP contribution in [0.15, 0.2) is 12.7 Å². The van der Waals surface area contributed by atoms with Crippen molar-refractivity contribution in [3.63, 3.8) is 0 Å². The highest BCUT2D eigenvalue weighted by Gasteiger charge is 2.23. The number of hydrogen-bond acceptors (Lipinski definition) is 5. The van der Waals surface area contributed by atoms with Gasteiger partial charge in [0.05, 0.1) is 26.4 Å². The van der Waals surface area contributed by atoms with Crippen LogP contribution in [0.2, 0.25) is 0 Å². The van der Waals surface area contributed by atoms with Crippen LogP contribution >= 0.6 is 0 Å². The zero-order valence-electron chi connectivity index (χ0n) is 10.1. The van der Waals surface area contributed by atoms with E-state index in [0.29, 0.717) is 30.7 Å². The van der Waals surface area contributed by atoms with E-state index in [9.17, 15) is 0 Å². The molecule has 0 unspecified atom stereocenters. The summed E-state index contributed by atoms with van der Waals surface area (Å²) in [4.78, 5) is 0. The molecule has 0 aliphatic heterocycles. The van der Waals surface area contributed by atoms with E-state index in [-0.39, 0.29) is 19.8 Å². The summed E-state index contributed by atoms with van der Waals surface area (Å²) in [5.41, 5.74) is 0. The average molecular weight is 288 g/mol. The molecule has 8 nitrogen and oxygen atoms in total. The van der Waals surface area contributed by atoms with Crippen molar-refractivity contribution in [2.24, 2.45) is 0 Å². The quantitative estimate of drug-likeness (QED) is 0.204. The van der Waals surface area contributed by atoms with Gasteiger partial charge in [-0.3, -0.25) is 9.11 Å². The van der Waals surface area contributed by atoms with Crippen LogP contribution in [0.5, 0.6) is 0 Å². The molecule has 0 rings (SSSR count). The van der Waals surface area contributed by atoms with Gasteiger partial charge in [-0.2, -0.15) is 8.42 Å². The number of aliphatic hydroxyl groups excluding tert-OH is 3. The van der Waals surface area contributed by atoms with Gasteiger partial charge in [-0.15, -0.1) is 0 Å². The van der Waals surface area contributed by atoms with E-state index in [4.69, 9.17) is 32.8 Å². The molecule has 0 bridgehead atoms. The third-order valence-corrected chi connectivity index (χ3v) is 2.24. The first kappa shape index (κ1) is 19.8. The van der Waals surface area contributed by atoms with Crippen molar-refractivity contribution in [3.8, 4) is 0 Å². The summed E-state index contributed by atoms with van der Waals surface area (Å²) in [5.74, 6) is 0. The first-order valence-corrected chi connectivity index (χ1v) is 6.63. The molecular formula is C9H22NO7S+. The van der Waals surface area contributed by atoms with Gasteiger partial charge in [0.1, 0.15) is 19.6 Å². The Morgan fingerprint density at radius 2 is 1.22 bits per heavy atom. The molecule has 0 atom stereocenters. The fourth-order valence-electron chi connectivity index (χ4n) is 1.52. The Labute approximate surface area is 107 Å². The van der Waals surface area contributed by atoms with Crippen molar-refractivity contribution >= 4 is 10.4 Å². The van der Waals surface area contributed by atoms with Crippen molar-refractivity contribution in [2.45, 2.75) is 0 Å². The smallest absolute Gasteiger partial charge is 0.391 e. The Hall–Kier alpha value is -0.550. The molecule has 0 fully saturated rings. The number of nitrogens with zero attached hydrogens (tertiary/aromatic N) is 1. The fraction of sp³-hybridized carbons (Fsp3) is 0.778. The van der Waals surface area contributed by atoms with Crippen LogP contribution in [0, 0.1) is 0 Å². The van der Waals surface area contributed by atoms with Crippen molar-refractivity contribution in [1.82, 2.24) is 0 Å². The van der Waals surface area contributed by atoms with Crippen LogP contribution in [0.4, 0.5) is 0 Å². The van der Waals surface area contributed by atoms with Gasteiger partial charge in [-0.1, -0.05) is 6.58 Å². The largest absolute Gasteiger partial charge is 0.394 e. The van der Waals surface area contributed by atoms with Gasteiger partial charge in [-0.25, -0.2) is 0 Å². The van der Waals surface area contributed by atoms with Crippen LogP contribution in [-0.2, 0) is 10.4 Å². The zero-order chi connectivity index (χ0) is 14.7. The lowest BCUT2D eigenvalue weighted by molar-refractivity contribution is -0.923. The molecule has 0 saturated carbocycles. The maximum absolute atomic E-state index is 8.87. The summed E-state index contributed by atoms with van der Waals surface area (Å²) in [6, 6.07) is 0. The highest BCUT2D eigenvalue weighted by molar-refractivity contribution is 7.79. The first-order valence-electron chi connectivity index (χ1n) is 5.23. The van der Waals surface area contributed by atoms with E-state index < -0.39 is 10.4 Å². The van der Waals surface area contributed by atoms with Crippen LogP contribution in [0.1, 0.15) is 0 Å². The molecule has 0 amide bonds. The zero-order valence-corrected chi connectivity index (χ0v) is 11.0. The van der Waals surface area contributed by atoms with Crippen molar-refractivity contribution < 1.29 is 37.3 Å². The molecular weight excluding hydrogens is 266 g/mol. The SMILES string of the molecule is C=CC[N+](CCO)(CCO)CCO.O=S(=O)(O)O. The summed E-state index contributed by atoms with van der Waals surface area (Å²) in [7, 11) is -4.67. The number of rotatable bonds is 8. The molecule has 110 valence electrons. The Morgan fingerprint density at radius 3 is 1.39 bits per heavy atom. The number of hydrogen-bond donors (Lipinski definition) is 5. The Balaban J connectivity index is 0. The number of aliphatic hydroxyl groups is 3. The molecule has 0 aromatic carbocycles. The summed E-state index contributed by atoms with van der Waals surface area (Å²) < 4.78 is 32.1. The van der Waals surface area contributed by atoms with E-state index in [2.05, 4.69) is 6.58 Å². The molecule has 0 aromatic heterocycles. The number of quaternary nitrogens is 1. The second-order valence-corrected chi connectivity index (χ2v) is 4.50. The highest BCUT2D eigenvalue weighted by Crippen LogP contribution is 2.05. The van der Waals surface area contributed by atoms with E-state index in [1.54, 1.807) is 6.08 Å². The molecule has 18 heavy (non-hydrogen) atoms. The standard InChI is InChI=1S/C9H20NO3.H2O4S/c1-2-3-10(4-7-11,5-8-12)6-9-13;1-5(2,3)4/h2,11-13H,1,3-9H2;(H2,1,2,3,4)/q+1;. The van der Waals surface area contributed by atoms with Gasteiger partial charge in [0, 0.05) is 0 Å². The summed E-state index contributed by atoms with van der Waals surface area (Å²) in [6.07, 6.45) is 1.75. The molecule has 0 radical (unpaired) electrons. The third kappa shape index (κ3) is 13.5. The minimum atomic E-state index is -4.67. The lowest BCUT2D eigenvalue weighted by Gasteiger charge is -2.36. The van der Waals surface area contributed by atoms with E-state index in [1.807, 2.05) is 0 Å². The van der Waals surface area contributed by atoms with Gasteiger partial charge < -0.3 is 19.8 Å². The first-order chi connectivity index (χ1) is 8.24. The minimum Gasteiger partial charge on any atom is -0.391 e. The molecule has 0 aliphatic carbocycles. The van der Waals surface area contributed by atoms with Gasteiger partial charge in [-0.05, 0) is 6.08 Å². The minimum absolute atomic E-state index is 0.0633. The topological polar surface area (TPSA) is 135 Å². The van der Waals surface area contributed by atoms with E-state index >= 15 is 0 Å². The molecule has 0 spiro atoms. The maximum atomic E-state index is 8.87. The second kappa shape index (κ2) is 10.4. The van der Waals surface area contributed by atoms with Gasteiger partial charge in [0.25, 0.3) is 0 Å². The van der Waals surface area contributed by atoms with E-state index in [0.717, 1.165) is 0 Å². The highest BCUT2D eigenvalue weighted by atomic mass is 32.3. The van der Waals surface area contributed by atoms with E-state index in [1.165, 1.54) is 0 Å². The molecule has 0 aromatic rings.